The summed E-state index contributed by atoms with van der Waals surface area (Å²) in [5.74, 6) is 0.840. The van der Waals surface area contributed by atoms with Gasteiger partial charge in [-0.3, -0.25) is 34.2 Å². The van der Waals surface area contributed by atoms with Gasteiger partial charge in [0.05, 0.1) is 24.4 Å². The molecule has 0 fully saturated rings. The molecule has 8 aromatic rings. The normalized spacial score (nSPS) is 11.1. The number of nitrogens with one attached hydrogen (secondary N) is 1. The number of carbonyl (C=O) groups excluding carboxylic acids is 3. The summed E-state index contributed by atoms with van der Waals surface area (Å²) in [6.45, 7) is 16.4. The molecule has 0 saturated carbocycles. The van der Waals surface area contributed by atoms with E-state index in [4.69, 9.17) is 16.2 Å². The highest BCUT2D eigenvalue weighted by Gasteiger charge is 2.21. The number of Topliss-reactive ketones (excluding diaryl/α,β-unsaturated/α-hetero) is 2. The van der Waals surface area contributed by atoms with E-state index in [-0.39, 0.29) is 22.4 Å². The van der Waals surface area contributed by atoms with Crippen molar-refractivity contribution in [3.8, 4) is 0 Å². The molecule has 0 atom stereocenters. The van der Waals surface area contributed by atoms with Gasteiger partial charge in [0, 0.05) is 113 Å². The van der Waals surface area contributed by atoms with E-state index in [0.29, 0.717) is 42.0 Å². The number of aromatic nitrogens is 10. The van der Waals surface area contributed by atoms with Gasteiger partial charge in [-0.1, -0.05) is 41.5 Å². The maximum absolute atomic E-state index is 12.5. The summed E-state index contributed by atoms with van der Waals surface area (Å²) in [7, 11) is 3.78. The molecule has 0 unspecified atom stereocenters. The first-order chi connectivity index (χ1) is 35.6. The lowest BCUT2D eigenvalue weighted by Crippen LogP contribution is -2.14. The number of rotatable bonds is 17. The van der Waals surface area contributed by atoms with Crippen LogP contribution in [0.1, 0.15) is 114 Å². The molecule has 0 aliphatic carbocycles. The molecule has 5 N–H and O–H groups in total. The standard InChI is InChI=1S/C21H26N4OS.C13H16N4O2S.C11H18N2O.C10H11N3S/c1-21(2,3)19-12-16(25(4)24-19)11-17(26)13-20-23-14-18(27-20)6-5-15-7-9-22-10-8-15;1-2-19-13(18)17-11-7-9(5-6-15-11)3-4-10-8-16-12(14)20-10;1-8(14)6-9-7-10(11(2,3)4)12-13(9)5;11-10-13-7-9(14-10)2-1-8-3-5-12-6-4-8/h7-10,12,14H,5-6,11,13H2,1-4H3;5-8H,2-4H2,1H3,(H2,14,16)(H,15,17,18);7H,6H2,1-5H3;3-7H,1-2H2,(H2,11,13). The fourth-order valence-corrected chi connectivity index (χ4v) is 9.38. The zero-order valence-electron chi connectivity index (χ0n) is 44.8. The van der Waals surface area contributed by atoms with E-state index in [0.717, 1.165) is 76.7 Å². The number of ketones is 2. The maximum atomic E-state index is 12.5. The minimum atomic E-state index is -0.493. The summed E-state index contributed by atoms with van der Waals surface area (Å²) in [6, 6.07) is 15.9. The molecule has 0 aliphatic heterocycles. The Bertz CT molecular complexity index is 3020. The van der Waals surface area contributed by atoms with E-state index in [1.54, 1.807) is 53.6 Å². The first kappa shape index (κ1) is 58.9. The third-order valence-corrected chi connectivity index (χ3v) is 14.0. The van der Waals surface area contributed by atoms with E-state index in [2.05, 4.69) is 87.0 Å². The lowest BCUT2D eigenvalue weighted by atomic mass is 9.92. The topological polar surface area (TPSA) is 237 Å². The van der Waals surface area contributed by atoms with Crippen LogP contribution in [-0.2, 0) is 97.0 Å². The smallest absolute Gasteiger partial charge is 0.412 e. The molecule has 0 aromatic carbocycles. The summed E-state index contributed by atoms with van der Waals surface area (Å²) in [6.07, 6.45) is 20.8. The maximum Gasteiger partial charge on any atom is 0.412 e. The molecule has 20 heteroatoms. The highest BCUT2D eigenvalue weighted by atomic mass is 32.1. The number of nitrogen functional groups attached to an aromatic ring is 2. The van der Waals surface area contributed by atoms with Gasteiger partial charge in [0.15, 0.2) is 10.3 Å². The van der Waals surface area contributed by atoms with Crippen LogP contribution >= 0.6 is 34.0 Å². The van der Waals surface area contributed by atoms with Gasteiger partial charge in [0.1, 0.15) is 22.4 Å². The number of hydrogen-bond donors (Lipinski definition) is 3. The summed E-state index contributed by atoms with van der Waals surface area (Å²) < 4.78 is 8.42. The molecule has 8 aromatic heterocycles. The molecule has 0 spiro atoms. The van der Waals surface area contributed by atoms with Gasteiger partial charge < -0.3 is 16.2 Å². The Morgan fingerprint density at radius 3 is 1.48 bits per heavy atom. The number of carbonyl (C=O) groups is 3. The van der Waals surface area contributed by atoms with Crippen LogP contribution in [0.15, 0.2) is 98.1 Å². The predicted molar refractivity (Wildman–Crippen MR) is 301 cm³/mol. The number of amides is 1. The van der Waals surface area contributed by atoms with Crippen molar-refractivity contribution >= 4 is 67.8 Å². The Morgan fingerprint density at radius 1 is 0.587 bits per heavy atom. The zero-order chi connectivity index (χ0) is 54.5. The lowest BCUT2D eigenvalue weighted by Gasteiger charge is -2.13. The highest BCUT2D eigenvalue weighted by molar-refractivity contribution is 7.15. The Kier molecular flexibility index (Phi) is 22.4. The Balaban J connectivity index is 0.000000192. The third kappa shape index (κ3) is 21.0. The van der Waals surface area contributed by atoms with Crippen LogP contribution < -0.4 is 16.8 Å². The van der Waals surface area contributed by atoms with Crippen molar-refractivity contribution in [1.82, 2.24) is 49.5 Å². The summed E-state index contributed by atoms with van der Waals surface area (Å²) >= 11 is 4.68. The van der Waals surface area contributed by atoms with Crippen molar-refractivity contribution in [3.05, 3.63) is 157 Å². The number of nitrogens with two attached hydrogens (primary N) is 2. The highest BCUT2D eigenvalue weighted by Crippen LogP contribution is 2.24. The van der Waals surface area contributed by atoms with Gasteiger partial charge in [-0.05, 0) is 118 Å². The molecule has 398 valence electrons. The third-order valence-electron chi connectivity index (χ3n) is 11.2. The molecular formula is C55H71N13O4S3. The van der Waals surface area contributed by atoms with Crippen molar-refractivity contribution in [3.63, 3.8) is 0 Å². The van der Waals surface area contributed by atoms with Crippen LogP contribution in [0.2, 0.25) is 0 Å². The van der Waals surface area contributed by atoms with Crippen molar-refractivity contribution in [2.45, 2.75) is 124 Å². The molecule has 0 radical (unpaired) electrons. The molecular weight excluding hydrogens is 1000 g/mol. The van der Waals surface area contributed by atoms with Gasteiger partial charge in [0.2, 0.25) is 0 Å². The Hall–Kier alpha value is -7.03. The largest absolute Gasteiger partial charge is 0.450 e. The van der Waals surface area contributed by atoms with Crippen LogP contribution in [0.4, 0.5) is 20.9 Å². The fraction of sp³-hybridized carbons (Fsp3) is 0.400. The number of ether oxygens (including phenoxy) is 1. The van der Waals surface area contributed by atoms with Crippen LogP contribution in [0, 0.1) is 0 Å². The molecule has 0 bridgehead atoms. The SMILES string of the molecule is CC(=O)Cc1cc(C(C)(C)C)nn1C.CCOC(=O)Nc1cc(CCc2cnc(N)s2)ccn1.Cn1nc(C(C)(C)C)cc1CC(=O)Cc1ncc(CCc2ccncc2)s1.Nc1ncc(CCc2ccncc2)s1. The predicted octanol–water partition coefficient (Wildman–Crippen LogP) is 9.94. The van der Waals surface area contributed by atoms with Crippen LogP contribution in [0.25, 0.3) is 0 Å². The number of aryl methyl sites for hydroxylation is 8. The number of thiazole rings is 3. The van der Waals surface area contributed by atoms with Gasteiger partial charge in [-0.25, -0.2) is 24.7 Å². The molecule has 8 heterocycles. The molecule has 17 nitrogen and oxygen atoms in total. The van der Waals surface area contributed by atoms with E-state index < -0.39 is 6.09 Å². The minimum absolute atomic E-state index is 0.0158. The summed E-state index contributed by atoms with van der Waals surface area (Å²) in [5, 5.41) is 13.7. The second kappa shape index (κ2) is 28.6. The van der Waals surface area contributed by atoms with E-state index in [9.17, 15) is 14.4 Å². The quantitative estimate of drug-likeness (QED) is 0.0769. The molecule has 0 aliphatic rings. The molecule has 8 rings (SSSR count). The Labute approximate surface area is 452 Å². The molecule has 1 amide bonds. The number of hydrogen-bond acceptors (Lipinski definition) is 17. The average molecular weight is 1070 g/mol. The van der Waals surface area contributed by atoms with Crippen molar-refractivity contribution in [2.24, 2.45) is 14.1 Å². The van der Waals surface area contributed by atoms with E-state index >= 15 is 0 Å². The van der Waals surface area contributed by atoms with Gasteiger partial charge in [0.25, 0.3) is 0 Å². The summed E-state index contributed by atoms with van der Waals surface area (Å²) in [4.78, 5) is 62.9. The van der Waals surface area contributed by atoms with Crippen LogP contribution in [0.3, 0.4) is 0 Å². The van der Waals surface area contributed by atoms with Gasteiger partial charge in [-0.2, -0.15) is 10.2 Å². The van der Waals surface area contributed by atoms with Gasteiger partial charge in [-0.15, -0.1) is 34.0 Å². The zero-order valence-corrected chi connectivity index (χ0v) is 47.2. The van der Waals surface area contributed by atoms with E-state index in [1.165, 1.54) is 32.2 Å². The number of nitrogens with zero attached hydrogens (tertiary/aromatic N) is 10. The van der Waals surface area contributed by atoms with Crippen molar-refractivity contribution in [1.29, 1.82) is 0 Å². The summed E-state index contributed by atoms with van der Waals surface area (Å²) in [5.41, 5.74) is 18.8. The second-order valence-corrected chi connectivity index (χ2v) is 23.2. The molecule has 75 heavy (non-hydrogen) atoms. The van der Waals surface area contributed by atoms with Gasteiger partial charge >= 0.3 is 6.09 Å². The lowest BCUT2D eigenvalue weighted by molar-refractivity contribution is -0.118. The minimum Gasteiger partial charge on any atom is -0.450 e. The first-order valence-electron chi connectivity index (χ1n) is 24.7. The molecule has 0 saturated heterocycles. The van der Waals surface area contributed by atoms with Crippen molar-refractivity contribution in [2.75, 3.05) is 23.4 Å². The average Bonchev–Trinajstić information content (AvgIpc) is 4.22. The first-order valence-corrected chi connectivity index (χ1v) is 27.2. The van der Waals surface area contributed by atoms with Crippen LogP contribution in [-0.4, -0.2) is 73.7 Å². The Morgan fingerprint density at radius 2 is 1.04 bits per heavy atom. The number of anilines is 3. The van der Waals surface area contributed by atoms with E-state index in [1.807, 2.05) is 104 Å². The number of pyridine rings is 3. The van der Waals surface area contributed by atoms with Crippen molar-refractivity contribution < 1.29 is 19.1 Å². The fourth-order valence-electron chi connectivity index (χ4n) is 7.06. The van der Waals surface area contributed by atoms with Crippen LogP contribution in [0.5, 0.6) is 0 Å². The second-order valence-electron chi connectivity index (χ2n) is 19.7. The monoisotopic (exact) mass is 1070 g/mol.